The Hall–Kier alpha value is -1.69. The first-order chi connectivity index (χ1) is 10.4. The van der Waals surface area contributed by atoms with E-state index in [9.17, 15) is 13.6 Å². The second-order valence-electron chi connectivity index (χ2n) is 5.65. The summed E-state index contributed by atoms with van der Waals surface area (Å²) in [6.45, 7) is 1.75. The fraction of sp³-hybridized carbons (Fsp3) is 0.562. The number of halogens is 2. The van der Waals surface area contributed by atoms with E-state index in [1.807, 2.05) is 0 Å². The van der Waals surface area contributed by atoms with Crippen LogP contribution in [0.4, 0.5) is 8.78 Å². The van der Waals surface area contributed by atoms with Crippen molar-refractivity contribution in [3.8, 4) is 5.75 Å². The molecule has 1 aromatic carbocycles. The van der Waals surface area contributed by atoms with Gasteiger partial charge in [0.1, 0.15) is 5.75 Å². The molecule has 0 heterocycles. The van der Waals surface area contributed by atoms with Crippen LogP contribution in [0.15, 0.2) is 24.3 Å². The highest BCUT2D eigenvalue weighted by Crippen LogP contribution is 2.15. The predicted molar refractivity (Wildman–Crippen MR) is 81.8 cm³/mol. The molecule has 0 fully saturated rings. The molecular formula is C16H24F2N2O2. The van der Waals surface area contributed by atoms with Crippen molar-refractivity contribution in [1.29, 1.82) is 0 Å². The van der Waals surface area contributed by atoms with Gasteiger partial charge in [-0.25, -0.2) is 0 Å². The van der Waals surface area contributed by atoms with Crippen molar-refractivity contribution >= 4 is 5.91 Å². The van der Waals surface area contributed by atoms with E-state index in [-0.39, 0.29) is 17.7 Å². The molecule has 4 nitrogen and oxygen atoms in total. The monoisotopic (exact) mass is 314 g/mol. The number of ether oxygens (including phenoxy) is 1. The quantitative estimate of drug-likeness (QED) is 0.736. The summed E-state index contributed by atoms with van der Waals surface area (Å²) in [6, 6.07) is 6.30. The van der Waals surface area contributed by atoms with Gasteiger partial charge >= 0.3 is 6.61 Å². The standard InChI is InChI=1S/C16H24F2N2O2/c1-11(2)9-13(10-19)20-15(21)8-5-12-3-6-14(7-4-12)22-16(17)18/h3-4,6-7,11,13,16H,5,8-10,19H2,1-2H3,(H,20,21). The highest BCUT2D eigenvalue weighted by atomic mass is 19.3. The molecule has 0 aliphatic carbocycles. The lowest BCUT2D eigenvalue weighted by atomic mass is 10.0. The zero-order valence-electron chi connectivity index (χ0n) is 13.0. The van der Waals surface area contributed by atoms with Gasteiger partial charge in [-0.3, -0.25) is 4.79 Å². The number of aryl methyl sites for hydroxylation is 1. The minimum atomic E-state index is -2.83. The van der Waals surface area contributed by atoms with Crippen molar-refractivity contribution in [2.75, 3.05) is 6.54 Å². The summed E-state index contributed by atoms with van der Waals surface area (Å²) in [5, 5.41) is 2.92. The van der Waals surface area contributed by atoms with Crippen LogP contribution in [0.25, 0.3) is 0 Å². The fourth-order valence-electron chi connectivity index (χ4n) is 2.18. The Morgan fingerprint density at radius 1 is 1.27 bits per heavy atom. The number of carbonyl (C=O) groups is 1. The Balaban J connectivity index is 2.40. The summed E-state index contributed by atoms with van der Waals surface area (Å²) < 4.78 is 28.3. The topological polar surface area (TPSA) is 64.3 Å². The van der Waals surface area contributed by atoms with Crippen LogP contribution in [0.1, 0.15) is 32.3 Å². The number of rotatable bonds is 9. The third kappa shape index (κ3) is 7.36. The molecule has 0 bridgehead atoms. The van der Waals surface area contributed by atoms with E-state index >= 15 is 0 Å². The van der Waals surface area contributed by atoms with Gasteiger partial charge in [0, 0.05) is 19.0 Å². The van der Waals surface area contributed by atoms with Gasteiger partial charge in [0.2, 0.25) is 5.91 Å². The maximum absolute atomic E-state index is 12.0. The summed E-state index contributed by atoms with van der Waals surface area (Å²) in [4.78, 5) is 11.9. The van der Waals surface area contributed by atoms with Crippen LogP contribution in [0.3, 0.4) is 0 Å². The van der Waals surface area contributed by atoms with Crippen LogP contribution >= 0.6 is 0 Å². The zero-order chi connectivity index (χ0) is 16.5. The molecule has 1 amide bonds. The molecule has 1 aromatic rings. The van der Waals surface area contributed by atoms with Crippen LogP contribution < -0.4 is 15.8 Å². The third-order valence-electron chi connectivity index (χ3n) is 3.19. The van der Waals surface area contributed by atoms with E-state index in [0.29, 0.717) is 25.3 Å². The Morgan fingerprint density at radius 3 is 2.41 bits per heavy atom. The molecule has 0 saturated heterocycles. The Morgan fingerprint density at radius 2 is 1.91 bits per heavy atom. The number of benzene rings is 1. The number of alkyl halides is 2. The molecule has 1 atom stereocenters. The normalized spacial score (nSPS) is 12.5. The van der Waals surface area contributed by atoms with Crippen LogP contribution in [-0.4, -0.2) is 25.1 Å². The minimum Gasteiger partial charge on any atom is -0.435 e. The van der Waals surface area contributed by atoms with Crippen LogP contribution in [0.2, 0.25) is 0 Å². The van der Waals surface area contributed by atoms with Gasteiger partial charge in [-0.2, -0.15) is 8.78 Å². The molecule has 22 heavy (non-hydrogen) atoms. The predicted octanol–water partition coefficient (Wildman–Crippen LogP) is 2.71. The highest BCUT2D eigenvalue weighted by Gasteiger charge is 2.12. The molecule has 0 aliphatic rings. The number of amides is 1. The van der Waals surface area contributed by atoms with Crippen molar-refractivity contribution in [1.82, 2.24) is 5.32 Å². The Kier molecular flexibility index (Phi) is 7.80. The number of hydrogen-bond donors (Lipinski definition) is 2. The van der Waals surface area contributed by atoms with Crippen molar-refractivity contribution in [2.24, 2.45) is 11.7 Å². The van der Waals surface area contributed by atoms with Crippen LogP contribution in [-0.2, 0) is 11.2 Å². The van der Waals surface area contributed by atoms with E-state index in [1.165, 1.54) is 12.1 Å². The van der Waals surface area contributed by atoms with Gasteiger partial charge in [0.05, 0.1) is 0 Å². The van der Waals surface area contributed by atoms with Gasteiger partial charge in [-0.05, 0) is 36.5 Å². The van der Waals surface area contributed by atoms with E-state index in [0.717, 1.165) is 12.0 Å². The molecule has 0 radical (unpaired) electrons. The van der Waals surface area contributed by atoms with E-state index in [1.54, 1.807) is 12.1 Å². The summed E-state index contributed by atoms with van der Waals surface area (Å²) in [5.41, 5.74) is 6.54. The van der Waals surface area contributed by atoms with Crippen molar-refractivity contribution in [2.45, 2.75) is 45.8 Å². The molecule has 3 N–H and O–H groups in total. The van der Waals surface area contributed by atoms with Gasteiger partial charge < -0.3 is 15.8 Å². The smallest absolute Gasteiger partial charge is 0.387 e. The molecule has 0 aromatic heterocycles. The van der Waals surface area contributed by atoms with Crippen molar-refractivity contribution in [3.05, 3.63) is 29.8 Å². The SMILES string of the molecule is CC(C)CC(CN)NC(=O)CCc1ccc(OC(F)F)cc1. The lowest BCUT2D eigenvalue weighted by Crippen LogP contribution is -2.41. The molecular weight excluding hydrogens is 290 g/mol. The number of carbonyl (C=O) groups excluding carboxylic acids is 1. The molecule has 0 aliphatic heterocycles. The number of nitrogens with one attached hydrogen (secondary N) is 1. The lowest BCUT2D eigenvalue weighted by molar-refractivity contribution is -0.121. The number of nitrogens with two attached hydrogens (primary N) is 1. The summed E-state index contributed by atoms with van der Waals surface area (Å²) >= 11 is 0. The van der Waals surface area contributed by atoms with Crippen LogP contribution in [0, 0.1) is 5.92 Å². The minimum absolute atomic E-state index is 0.00526. The van der Waals surface area contributed by atoms with Gasteiger partial charge in [-0.1, -0.05) is 26.0 Å². The Bertz CT molecular complexity index is 450. The maximum atomic E-state index is 12.0. The second kappa shape index (κ2) is 9.35. The first-order valence-electron chi connectivity index (χ1n) is 7.44. The molecule has 124 valence electrons. The maximum Gasteiger partial charge on any atom is 0.387 e. The molecule has 1 unspecified atom stereocenters. The first kappa shape index (κ1) is 18.4. The summed E-state index contributed by atoms with van der Waals surface area (Å²) in [6.07, 6.45) is 1.73. The highest BCUT2D eigenvalue weighted by molar-refractivity contribution is 5.76. The average molecular weight is 314 g/mol. The summed E-state index contributed by atoms with van der Waals surface area (Å²) in [7, 11) is 0. The van der Waals surface area contributed by atoms with E-state index in [2.05, 4.69) is 23.9 Å². The number of hydrogen-bond acceptors (Lipinski definition) is 3. The van der Waals surface area contributed by atoms with Crippen molar-refractivity contribution < 1.29 is 18.3 Å². The first-order valence-corrected chi connectivity index (χ1v) is 7.44. The fourth-order valence-corrected chi connectivity index (χ4v) is 2.18. The van der Waals surface area contributed by atoms with Gasteiger partial charge in [-0.15, -0.1) is 0 Å². The zero-order valence-corrected chi connectivity index (χ0v) is 13.0. The van der Waals surface area contributed by atoms with Gasteiger partial charge in [0.15, 0.2) is 0 Å². The average Bonchev–Trinajstić information content (AvgIpc) is 2.44. The van der Waals surface area contributed by atoms with Crippen molar-refractivity contribution in [3.63, 3.8) is 0 Å². The largest absolute Gasteiger partial charge is 0.435 e. The summed E-state index contributed by atoms with van der Waals surface area (Å²) in [5.74, 6) is 0.531. The molecule has 6 heteroatoms. The molecule has 0 spiro atoms. The van der Waals surface area contributed by atoms with E-state index < -0.39 is 6.61 Å². The van der Waals surface area contributed by atoms with Crippen LogP contribution in [0.5, 0.6) is 5.75 Å². The Labute approximate surface area is 130 Å². The lowest BCUT2D eigenvalue weighted by Gasteiger charge is -2.18. The van der Waals surface area contributed by atoms with Gasteiger partial charge in [0.25, 0.3) is 0 Å². The molecule has 0 saturated carbocycles. The third-order valence-corrected chi connectivity index (χ3v) is 3.19. The second-order valence-corrected chi connectivity index (χ2v) is 5.65. The van der Waals surface area contributed by atoms with E-state index in [4.69, 9.17) is 5.73 Å². The molecule has 1 rings (SSSR count).